The second-order valence-corrected chi connectivity index (χ2v) is 3.99. The number of hydrogen-bond donors (Lipinski definition) is 0. The van der Waals surface area contributed by atoms with Crippen molar-refractivity contribution in [2.75, 3.05) is 6.26 Å². The van der Waals surface area contributed by atoms with Gasteiger partial charge in [-0.05, 0) is 34.9 Å². The topological polar surface area (TPSA) is 43.6 Å². The molecule has 1 aromatic heterocycles. The van der Waals surface area contributed by atoms with Crippen molar-refractivity contribution >= 4 is 23.4 Å². The minimum absolute atomic E-state index is 0.302. The lowest BCUT2D eigenvalue weighted by atomic mass is 10.3. The van der Waals surface area contributed by atoms with Crippen LogP contribution in [0.15, 0.2) is 29.2 Å². The van der Waals surface area contributed by atoms with Crippen molar-refractivity contribution in [1.82, 2.24) is 20.2 Å². The fourth-order valence-corrected chi connectivity index (χ4v) is 1.85. The first-order valence-corrected chi connectivity index (χ1v) is 6.08. The highest BCUT2D eigenvalue weighted by Crippen LogP contribution is 2.18. The van der Waals surface area contributed by atoms with Crippen LogP contribution in [0.25, 0.3) is 5.69 Å². The SMILES string of the molecule is CSc1cccc(-n2nnnc2CCl)c1. The Labute approximate surface area is 96.6 Å². The predicted molar refractivity (Wildman–Crippen MR) is 60.5 cm³/mol. The first kappa shape index (κ1) is 10.4. The largest absolute Gasteiger partial charge is 0.196 e. The van der Waals surface area contributed by atoms with Crippen molar-refractivity contribution in [1.29, 1.82) is 0 Å². The lowest BCUT2D eigenvalue weighted by molar-refractivity contribution is 0.775. The summed E-state index contributed by atoms with van der Waals surface area (Å²) in [6.45, 7) is 0. The molecule has 0 saturated heterocycles. The van der Waals surface area contributed by atoms with E-state index in [2.05, 4.69) is 15.5 Å². The predicted octanol–water partition coefficient (Wildman–Crippen LogP) is 2.12. The third-order valence-corrected chi connectivity index (χ3v) is 2.92. The zero-order chi connectivity index (χ0) is 10.7. The van der Waals surface area contributed by atoms with Crippen LogP contribution in [-0.4, -0.2) is 26.5 Å². The van der Waals surface area contributed by atoms with Crippen molar-refractivity contribution < 1.29 is 0 Å². The van der Waals surface area contributed by atoms with E-state index in [1.165, 1.54) is 4.90 Å². The molecule has 0 N–H and O–H groups in total. The van der Waals surface area contributed by atoms with Gasteiger partial charge in [-0.15, -0.1) is 28.5 Å². The monoisotopic (exact) mass is 240 g/mol. The summed E-state index contributed by atoms with van der Waals surface area (Å²) in [5, 5.41) is 11.3. The van der Waals surface area contributed by atoms with Crippen molar-refractivity contribution in [3.63, 3.8) is 0 Å². The Morgan fingerprint density at radius 1 is 1.47 bits per heavy atom. The second-order valence-electron chi connectivity index (χ2n) is 2.84. The highest BCUT2D eigenvalue weighted by atomic mass is 35.5. The summed E-state index contributed by atoms with van der Waals surface area (Å²) < 4.78 is 1.65. The Kier molecular flexibility index (Phi) is 3.23. The normalized spacial score (nSPS) is 10.5. The number of rotatable bonds is 3. The van der Waals surface area contributed by atoms with Crippen LogP contribution in [-0.2, 0) is 5.88 Å². The van der Waals surface area contributed by atoms with Gasteiger partial charge in [-0.25, -0.2) is 0 Å². The number of nitrogens with zero attached hydrogens (tertiary/aromatic N) is 4. The van der Waals surface area contributed by atoms with Gasteiger partial charge < -0.3 is 0 Å². The van der Waals surface area contributed by atoms with Crippen LogP contribution in [0.1, 0.15) is 5.82 Å². The molecule has 2 rings (SSSR count). The number of benzene rings is 1. The fraction of sp³-hybridized carbons (Fsp3) is 0.222. The van der Waals surface area contributed by atoms with Gasteiger partial charge in [0.15, 0.2) is 5.82 Å². The van der Waals surface area contributed by atoms with Gasteiger partial charge in [0.2, 0.25) is 0 Å². The number of halogens is 1. The molecule has 2 aromatic rings. The number of thioether (sulfide) groups is 1. The molecule has 0 spiro atoms. The van der Waals surface area contributed by atoms with Gasteiger partial charge in [-0.3, -0.25) is 0 Å². The molecular formula is C9H9ClN4S. The minimum atomic E-state index is 0.302. The van der Waals surface area contributed by atoms with Crippen molar-refractivity contribution in [2.45, 2.75) is 10.8 Å². The summed E-state index contributed by atoms with van der Waals surface area (Å²) >= 11 is 7.41. The molecule has 78 valence electrons. The van der Waals surface area contributed by atoms with E-state index in [4.69, 9.17) is 11.6 Å². The van der Waals surface area contributed by atoms with Gasteiger partial charge in [0.1, 0.15) is 0 Å². The summed E-state index contributed by atoms with van der Waals surface area (Å²) in [6, 6.07) is 7.99. The molecule has 0 aliphatic heterocycles. The Morgan fingerprint density at radius 3 is 3.07 bits per heavy atom. The third kappa shape index (κ3) is 2.13. The zero-order valence-corrected chi connectivity index (χ0v) is 9.66. The second kappa shape index (κ2) is 4.63. The van der Waals surface area contributed by atoms with E-state index in [0.717, 1.165) is 5.69 Å². The van der Waals surface area contributed by atoms with Crippen LogP contribution < -0.4 is 0 Å². The molecule has 0 aliphatic rings. The first-order valence-electron chi connectivity index (χ1n) is 4.33. The zero-order valence-electron chi connectivity index (χ0n) is 8.09. The molecule has 1 heterocycles. The van der Waals surface area contributed by atoms with E-state index in [1.54, 1.807) is 16.4 Å². The van der Waals surface area contributed by atoms with Gasteiger partial charge in [0, 0.05) is 4.90 Å². The molecule has 1 aromatic carbocycles. The third-order valence-electron chi connectivity index (χ3n) is 1.95. The maximum atomic E-state index is 5.73. The van der Waals surface area contributed by atoms with E-state index >= 15 is 0 Å². The van der Waals surface area contributed by atoms with E-state index in [9.17, 15) is 0 Å². The molecule has 6 heteroatoms. The number of tetrazole rings is 1. The van der Waals surface area contributed by atoms with Crippen LogP contribution in [0.5, 0.6) is 0 Å². The van der Waals surface area contributed by atoms with Crippen molar-refractivity contribution in [3.05, 3.63) is 30.1 Å². The molecule has 0 aliphatic carbocycles. The van der Waals surface area contributed by atoms with E-state index in [0.29, 0.717) is 11.7 Å². The van der Waals surface area contributed by atoms with Gasteiger partial charge in [0.05, 0.1) is 11.6 Å². The van der Waals surface area contributed by atoms with Gasteiger partial charge >= 0.3 is 0 Å². The number of hydrogen-bond acceptors (Lipinski definition) is 4. The van der Waals surface area contributed by atoms with Gasteiger partial charge in [-0.2, -0.15) is 4.68 Å². The highest BCUT2D eigenvalue weighted by molar-refractivity contribution is 7.98. The Bertz CT molecular complexity index is 457. The Morgan fingerprint density at radius 2 is 2.33 bits per heavy atom. The summed E-state index contributed by atoms with van der Waals surface area (Å²) in [6.07, 6.45) is 2.03. The van der Waals surface area contributed by atoms with Gasteiger partial charge in [-0.1, -0.05) is 6.07 Å². The highest BCUT2D eigenvalue weighted by Gasteiger charge is 2.06. The minimum Gasteiger partial charge on any atom is -0.196 e. The number of alkyl halides is 1. The van der Waals surface area contributed by atoms with Crippen molar-refractivity contribution in [2.24, 2.45) is 0 Å². The average Bonchev–Trinajstić information content (AvgIpc) is 2.77. The molecule has 0 saturated carbocycles. The molecule has 15 heavy (non-hydrogen) atoms. The quantitative estimate of drug-likeness (QED) is 0.609. The molecule has 0 fully saturated rings. The number of aromatic nitrogens is 4. The van der Waals surface area contributed by atoms with Crippen LogP contribution in [0, 0.1) is 0 Å². The van der Waals surface area contributed by atoms with E-state index in [1.807, 2.05) is 30.5 Å². The van der Waals surface area contributed by atoms with Crippen LogP contribution >= 0.6 is 23.4 Å². The molecule has 0 bridgehead atoms. The first-order chi connectivity index (χ1) is 7.35. The van der Waals surface area contributed by atoms with E-state index in [-0.39, 0.29) is 0 Å². The summed E-state index contributed by atoms with van der Waals surface area (Å²) in [5.74, 6) is 0.950. The smallest absolute Gasteiger partial charge is 0.171 e. The standard InChI is InChI=1S/C9H9ClN4S/c1-15-8-4-2-3-7(5-8)14-9(6-10)11-12-13-14/h2-5H,6H2,1H3. The van der Waals surface area contributed by atoms with Crippen LogP contribution in [0.3, 0.4) is 0 Å². The fourth-order valence-electron chi connectivity index (χ4n) is 1.23. The molecule has 4 nitrogen and oxygen atoms in total. The molecular weight excluding hydrogens is 232 g/mol. The molecule has 0 unspecified atom stereocenters. The van der Waals surface area contributed by atoms with Gasteiger partial charge in [0.25, 0.3) is 0 Å². The average molecular weight is 241 g/mol. The maximum absolute atomic E-state index is 5.73. The van der Waals surface area contributed by atoms with Crippen LogP contribution in [0.4, 0.5) is 0 Å². The summed E-state index contributed by atoms with van der Waals surface area (Å²) in [7, 11) is 0. The maximum Gasteiger partial charge on any atom is 0.171 e. The molecule has 0 radical (unpaired) electrons. The van der Waals surface area contributed by atoms with Crippen LogP contribution in [0.2, 0.25) is 0 Å². The van der Waals surface area contributed by atoms with Crippen molar-refractivity contribution in [3.8, 4) is 5.69 Å². The lowest BCUT2D eigenvalue weighted by Gasteiger charge is -2.03. The molecule has 0 atom stereocenters. The lowest BCUT2D eigenvalue weighted by Crippen LogP contribution is -2.01. The Balaban J connectivity index is 2.44. The Hall–Kier alpha value is -1.07. The summed E-state index contributed by atoms with van der Waals surface area (Å²) in [4.78, 5) is 1.17. The summed E-state index contributed by atoms with van der Waals surface area (Å²) in [5.41, 5.74) is 0.933. The van der Waals surface area contributed by atoms with E-state index < -0.39 is 0 Å². The molecule has 0 amide bonds.